The number of likely N-dealkylation sites (tertiary alicyclic amines) is 1. The Morgan fingerprint density at radius 1 is 1.53 bits per heavy atom. The van der Waals surface area contributed by atoms with Gasteiger partial charge in [-0.2, -0.15) is 5.26 Å². The molecule has 2 rings (SSSR count). The molecule has 0 aromatic heterocycles. The van der Waals surface area contributed by atoms with Crippen LogP contribution in [0.25, 0.3) is 0 Å². The van der Waals surface area contributed by atoms with E-state index in [0.29, 0.717) is 18.0 Å². The lowest BCUT2D eigenvalue weighted by Gasteiger charge is -2.32. The Balaban J connectivity index is 2.03. The van der Waals surface area contributed by atoms with Crippen LogP contribution in [0, 0.1) is 23.1 Å². The molecule has 1 aromatic carbocycles. The van der Waals surface area contributed by atoms with Crippen LogP contribution in [0.15, 0.2) is 18.2 Å². The van der Waals surface area contributed by atoms with Gasteiger partial charge in [0.15, 0.2) is 0 Å². The van der Waals surface area contributed by atoms with Gasteiger partial charge in [-0.25, -0.2) is 4.39 Å². The number of nitrogens with zero attached hydrogens (tertiary/aromatic N) is 2. The lowest BCUT2D eigenvalue weighted by molar-refractivity contribution is 0.0873. The van der Waals surface area contributed by atoms with E-state index in [2.05, 4.69) is 11.0 Å². The zero-order valence-electron chi connectivity index (χ0n) is 11.2. The number of hydrogen-bond donors (Lipinski definition) is 0. The molecule has 0 bridgehead atoms. The molecule has 0 amide bonds. The van der Waals surface area contributed by atoms with Crippen molar-refractivity contribution in [2.24, 2.45) is 5.92 Å². The molecule has 19 heavy (non-hydrogen) atoms. The highest BCUT2D eigenvalue weighted by molar-refractivity contribution is 5.37. The van der Waals surface area contributed by atoms with Crippen LogP contribution in [0.1, 0.15) is 24.0 Å². The lowest BCUT2D eigenvalue weighted by Crippen LogP contribution is -2.36. The average Bonchev–Trinajstić information content (AvgIpc) is 2.41. The first-order valence-electron chi connectivity index (χ1n) is 6.62. The van der Waals surface area contributed by atoms with Crippen molar-refractivity contribution in [1.29, 1.82) is 5.26 Å². The van der Waals surface area contributed by atoms with E-state index < -0.39 is 0 Å². The van der Waals surface area contributed by atoms with Gasteiger partial charge in [0.25, 0.3) is 0 Å². The SMILES string of the molecule is COCC1CCCN(Cc2ccc(F)cc2C#N)C1. The molecule has 0 radical (unpaired) electrons. The van der Waals surface area contributed by atoms with E-state index in [9.17, 15) is 4.39 Å². The van der Waals surface area contributed by atoms with Crippen molar-refractivity contribution < 1.29 is 9.13 Å². The molecule has 1 unspecified atom stereocenters. The molecule has 0 saturated carbocycles. The van der Waals surface area contributed by atoms with Crippen LogP contribution in [0.2, 0.25) is 0 Å². The van der Waals surface area contributed by atoms with Crippen molar-refractivity contribution in [3.8, 4) is 6.07 Å². The summed E-state index contributed by atoms with van der Waals surface area (Å²) >= 11 is 0. The summed E-state index contributed by atoms with van der Waals surface area (Å²) in [5, 5.41) is 9.05. The molecule has 1 fully saturated rings. The third kappa shape index (κ3) is 3.76. The number of piperidine rings is 1. The van der Waals surface area contributed by atoms with Crippen LogP contribution < -0.4 is 0 Å². The molecule has 4 heteroatoms. The summed E-state index contributed by atoms with van der Waals surface area (Å²) in [5.41, 5.74) is 1.34. The maximum atomic E-state index is 13.1. The van der Waals surface area contributed by atoms with Gasteiger partial charge in [-0.1, -0.05) is 6.07 Å². The van der Waals surface area contributed by atoms with Gasteiger partial charge in [0.2, 0.25) is 0 Å². The molecule has 1 aromatic rings. The highest BCUT2D eigenvalue weighted by atomic mass is 19.1. The van der Waals surface area contributed by atoms with E-state index in [4.69, 9.17) is 10.00 Å². The van der Waals surface area contributed by atoms with Gasteiger partial charge in [0.05, 0.1) is 18.2 Å². The Bertz CT molecular complexity index is 468. The van der Waals surface area contributed by atoms with Gasteiger partial charge in [-0.3, -0.25) is 4.90 Å². The van der Waals surface area contributed by atoms with E-state index in [1.54, 1.807) is 13.2 Å². The monoisotopic (exact) mass is 262 g/mol. The fourth-order valence-electron chi connectivity index (χ4n) is 2.70. The lowest BCUT2D eigenvalue weighted by atomic mass is 9.98. The molecule has 1 atom stereocenters. The van der Waals surface area contributed by atoms with E-state index >= 15 is 0 Å². The third-order valence-electron chi connectivity index (χ3n) is 3.59. The van der Waals surface area contributed by atoms with Crippen molar-refractivity contribution >= 4 is 0 Å². The summed E-state index contributed by atoms with van der Waals surface area (Å²) in [5.74, 6) is 0.209. The quantitative estimate of drug-likeness (QED) is 0.836. The van der Waals surface area contributed by atoms with Crippen LogP contribution in [-0.4, -0.2) is 31.7 Å². The van der Waals surface area contributed by atoms with Crippen LogP contribution in [0.5, 0.6) is 0 Å². The summed E-state index contributed by atoms with van der Waals surface area (Å²) in [7, 11) is 1.73. The summed E-state index contributed by atoms with van der Waals surface area (Å²) in [6.45, 7) is 3.51. The number of hydrogen-bond acceptors (Lipinski definition) is 3. The van der Waals surface area contributed by atoms with Gasteiger partial charge in [-0.05, 0) is 43.0 Å². The Kier molecular flexibility index (Phi) is 4.89. The summed E-state index contributed by atoms with van der Waals surface area (Å²) in [6.07, 6.45) is 2.34. The fourth-order valence-corrected chi connectivity index (χ4v) is 2.70. The highest BCUT2D eigenvalue weighted by Gasteiger charge is 2.20. The van der Waals surface area contributed by atoms with Crippen LogP contribution >= 0.6 is 0 Å². The zero-order chi connectivity index (χ0) is 13.7. The average molecular weight is 262 g/mol. The maximum absolute atomic E-state index is 13.1. The molecule has 1 aliphatic rings. The smallest absolute Gasteiger partial charge is 0.124 e. The highest BCUT2D eigenvalue weighted by Crippen LogP contribution is 2.20. The van der Waals surface area contributed by atoms with Crippen LogP contribution in [0.3, 0.4) is 0 Å². The predicted octanol–water partition coefficient (Wildman–Crippen LogP) is 2.56. The molecular formula is C15H19FN2O. The molecule has 0 aliphatic carbocycles. The Morgan fingerprint density at radius 2 is 2.37 bits per heavy atom. The van der Waals surface area contributed by atoms with Crippen molar-refractivity contribution in [1.82, 2.24) is 4.90 Å². The van der Waals surface area contributed by atoms with E-state index in [0.717, 1.165) is 31.7 Å². The summed E-state index contributed by atoms with van der Waals surface area (Å²) in [4.78, 5) is 2.32. The molecule has 102 valence electrons. The van der Waals surface area contributed by atoms with Crippen molar-refractivity contribution in [2.45, 2.75) is 19.4 Å². The minimum Gasteiger partial charge on any atom is -0.384 e. The van der Waals surface area contributed by atoms with Gasteiger partial charge >= 0.3 is 0 Å². The van der Waals surface area contributed by atoms with E-state index in [1.165, 1.54) is 18.6 Å². The minimum absolute atomic E-state index is 0.351. The standard InChI is InChI=1S/C15H19FN2O/c1-19-11-12-3-2-6-18(9-12)10-13-4-5-15(16)7-14(13)8-17/h4-5,7,12H,2-3,6,9-11H2,1H3. The predicted molar refractivity (Wildman–Crippen MR) is 71.0 cm³/mol. The molecule has 0 N–H and O–H groups in total. The van der Waals surface area contributed by atoms with Gasteiger partial charge in [-0.15, -0.1) is 0 Å². The van der Waals surface area contributed by atoms with Crippen LogP contribution in [-0.2, 0) is 11.3 Å². The van der Waals surface area contributed by atoms with Crippen LogP contribution in [0.4, 0.5) is 4.39 Å². The first-order valence-corrected chi connectivity index (χ1v) is 6.62. The topological polar surface area (TPSA) is 36.3 Å². The second-order valence-corrected chi connectivity index (χ2v) is 5.11. The number of ether oxygens (including phenoxy) is 1. The van der Waals surface area contributed by atoms with Crippen molar-refractivity contribution in [3.63, 3.8) is 0 Å². The number of methoxy groups -OCH3 is 1. The fraction of sp³-hybridized carbons (Fsp3) is 0.533. The Morgan fingerprint density at radius 3 is 3.11 bits per heavy atom. The first kappa shape index (κ1) is 14.0. The van der Waals surface area contributed by atoms with E-state index in [-0.39, 0.29) is 5.82 Å². The van der Waals surface area contributed by atoms with Crippen molar-refractivity contribution in [3.05, 3.63) is 35.1 Å². The second-order valence-electron chi connectivity index (χ2n) is 5.11. The molecule has 1 saturated heterocycles. The molecule has 1 heterocycles. The summed E-state index contributed by atoms with van der Waals surface area (Å²) in [6, 6.07) is 6.52. The number of benzene rings is 1. The normalized spacial score (nSPS) is 20.2. The molecule has 1 aliphatic heterocycles. The van der Waals surface area contributed by atoms with E-state index in [1.807, 2.05) is 0 Å². The molecule has 0 spiro atoms. The zero-order valence-corrected chi connectivity index (χ0v) is 11.2. The second kappa shape index (κ2) is 6.65. The summed E-state index contributed by atoms with van der Waals surface area (Å²) < 4.78 is 18.3. The Labute approximate surface area is 113 Å². The first-order chi connectivity index (χ1) is 9.22. The molecule has 3 nitrogen and oxygen atoms in total. The Hall–Kier alpha value is -1.44. The minimum atomic E-state index is -0.351. The van der Waals surface area contributed by atoms with Crippen molar-refractivity contribution in [2.75, 3.05) is 26.8 Å². The maximum Gasteiger partial charge on any atom is 0.124 e. The van der Waals surface area contributed by atoms with Gasteiger partial charge in [0.1, 0.15) is 5.82 Å². The number of rotatable bonds is 4. The van der Waals surface area contributed by atoms with Gasteiger partial charge in [0, 0.05) is 20.2 Å². The number of halogens is 1. The third-order valence-corrected chi connectivity index (χ3v) is 3.59. The molecular weight excluding hydrogens is 243 g/mol. The van der Waals surface area contributed by atoms with Gasteiger partial charge < -0.3 is 4.74 Å². The number of nitriles is 1. The largest absolute Gasteiger partial charge is 0.384 e.